The van der Waals surface area contributed by atoms with E-state index in [4.69, 9.17) is 4.74 Å². The summed E-state index contributed by atoms with van der Waals surface area (Å²) in [6.07, 6.45) is 0.739. The number of rotatable bonds is 3. The summed E-state index contributed by atoms with van der Waals surface area (Å²) in [6.45, 7) is 4.32. The highest BCUT2D eigenvalue weighted by Gasteiger charge is 2.33. The molecular formula is C17H19NO3S. The van der Waals surface area contributed by atoms with Gasteiger partial charge in [-0.1, -0.05) is 18.2 Å². The molecule has 0 spiro atoms. The van der Waals surface area contributed by atoms with Crippen LogP contribution in [0.1, 0.15) is 16.7 Å². The van der Waals surface area contributed by atoms with E-state index in [1.807, 2.05) is 38.1 Å². The Kier molecular flexibility index (Phi) is 3.60. The molecule has 5 heteroatoms. The van der Waals surface area contributed by atoms with Gasteiger partial charge in [0, 0.05) is 6.54 Å². The Labute approximate surface area is 131 Å². The van der Waals surface area contributed by atoms with Crippen molar-refractivity contribution in [1.29, 1.82) is 0 Å². The third kappa shape index (κ3) is 2.25. The summed E-state index contributed by atoms with van der Waals surface area (Å²) in [4.78, 5) is 0.231. The van der Waals surface area contributed by atoms with Crippen molar-refractivity contribution in [2.24, 2.45) is 0 Å². The average Bonchev–Trinajstić information content (AvgIpc) is 2.94. The first-order valence-electron chi connectivity index (χ1n) is 7.21. The summed E-state index contributed by atoms with van der Waals surface area (Å²) in [6, 6.07) is 11.1. The van der Waals surface area contributed by atoms with Gasteiger partial charge in [-0.2, -0.15) is 0 Å². The highest BCUT2D eigenvalue weighted by atomic mass is 32.2. The van der Waals surface area contributed by atoms with Gasteiger partial charge in [-0.25, -0.2) is 8.42 Å². The normalized spacial score (nSPS) is 14.0. The third-order valence-corrected chi connectivity index (χ3v) is 6.03. The quantitative estimate of drug-likeness (QED) is 0.874. The van der Waals surface area contributed by atoms with Crippen LogP contribution in [0.15, 0.2) is 41.3 Å². The summed E-state index contributed by atoms with van der Waals surface area (Å²) < 4.78 is 33.0. The molecule has 0 aromatic heterocycles. The van der Waals surface area contributed by atoms with E-state index in [1.165, 1.54) is 11.4 Å². The van der Waals surface area contributed by atoms with Gasteiger partial charge in [0.05, 0.1) is 12.8 Å². The number of aryl methyl sites for hydroxylation is 2. The van der Waals surface area contributed by atoms with E-state index in [2.05, 4.69) is 0 Å². The molecule has 2 aromatic rings. The van der Waals surface area contributed by atoms with Crippen molar-refractivity contribution in [2.45, 2.75) is 25.2 Å². The summed E-state index contributed by atoms with van der Waals surface area (Å²) in [5.74, 6) is 0.396. The van der Waals surface area contributed by atoms with Crippen LogP contribution in [0, 0.1) is 13.8 Å². The highest BCUT2D eigenvalue weighted by molar-refractivity contribution is 7.93. The fraction of sp³-hybridized carbons (Fsp3) is 0.294. The second-order valence-corrected chi connectivity index (χ2v) is 7.37. The van der Waals surface area contributed by atoms with Crippen LogP contribution in [-0.2, 0) is 16.4 Å². The Morgan fingerprint density at radius 2 is 1.77 bits per heavy atom. The Morgan fingerprint density at radius 3 is 2.50 bits per heavy atom. The fourth-order valence-corrected chi connectivity index (χ4v) is 4.53. The average molecular weight is 317 g/mol. The molecule has 1 heterocycles. The molecule has 0 atom stereocenters. The second kappa shape index (κ2) is 5.32. The van der Waals surface area contributed by atoms with Crippen LogP contribution in [0.4, 0.5) is 5.69 Å². The molecule has 22 heavy (non-hydrogen) atoms. The lowest BCUT2D eigenvalue weighted by Crippen LogP contribution is -2.29. The summed E-state index contributed by atoms with van der Waals surface area (Å²) >= 11 is 0. The minimum atomic E-state index is -3.63. The molecule has 0 aliphatic carbocycles. The van der Waals surface area contributed by atoms with Gasteiger partial charge in [-0.05, 0) is 55.2 Å². The Bertz CT molecular complexity index is 828. The number of nitrogens with zero attached hydrogens (tertiary/aromatic N) is 1. The Hall–Kier alpha value is -2.01. The molecule has 1 aliphatic rings. The number of sulfonamides is 1. The van der Waals surface area contributed by atoms with Gasteiger partial charge in [0.2, 0.25) is 0 Å². The van der Waals surface area contributed by atoms with Crippen LogP contribution >= 0.6 is 0 Å². The summed E-state index contributed by atoms with van der Waals surface area (Å²) in [5, 5.41) is 0. The molecule has 4 nitrogen and oxygen atoms in total. The van der Waals surface area contributed by atoms with E-state index in [9.17, 15) is 8.42 Å². The lowest BCUT2D eigenvalue weighted by atomic mass is 10.1. The number of methoxy groups -OCH3 is 1. The van der Waals surface area contributed by atoms with Crippen molar-refractivity contribution in [3.05, 3.63) is 53.1 Å². The number of benzene rings is 2. The first kappa shape index (κ1) is 14.9. The van der Waals surface area contributed by atoms with Gasteiger partial charge in [-0.3, -0.25) is 4.31 Å². The monoisotopic (exact) mass is 317 g/mol. The molecule has 1 aliphatic heterocycles. The minimum absolute atomic E-state index is 0.231. The topological polar surface area (TPSA) is 46.6 Å². The van der Waals surface area contributed by atoms with E-state index >= 15 is 0 Å². The van der Waals surface area contributed by atoms with Crippen molar-refractivity contribution >= 4 is 15.7 Å². The number of anilines is 1. The minimum Gasteiger partial charge on any atom is -0.495 e. The molecule has 0 bridgehead atoms. The number of hydrogen-bond acceptors (Lipinski definition) is 3. The van der Waals surface area contributed by atoms with Gasteiger partial charge in [0.15, 0.2) is 0 Å². The molecule has 116 valence electrons. The zero-order valence-electron chi connectivity index (χ0n) is 13.0. The van der Waals surface area contributed by atoms with Crippen molar-refractivity contribution in [3.63, 3.8) is 0 Å². The first-order chi connectivity index (χ1) is 10.4. The molecule has 0 saturated heterocycles. The maximum absolute atomic E-state index is 13.1. The van der Waals surface area contributed by atoms with Gasteiger partial charge >= 0.3 is 0 Å². The van der Waals surface area contributed by atoms with E-state index in [1.54, 1.807) is 12.1 Å². The van der Waals surface area contributed by atoms with Crippen molar-refractivity contribution < 1.29 is 13.2 Å². The summed E-state index contributed by atoms with van der Waals surface area (Å²) in [7, 11) is -2.12. The van der Waals surface area contributed by atoms with Crippen LogP contribution in [0.2, 0.25) is 0 Å². The molecule has 0 amide bonds. The van der Waals surface area contributed by atoms with E-state index in [-0.39, 0.29) is 4.90 Å². The second-order valence-electron chi connectivity index (χ2n) is 5.54. The lowest BCUT2D eigenvalue weighted by molar-refractivity contribution is 0.402. The van der Waals surface area contributed by atoms with Crippen molar-refractivity contribution in [2.75, 3.05) is 18.0 Å². The molecule has 0 saturated carbocycles. The zero-order valence-corrected chi connectivity index (χ0v) is 13.8. The Morgan fingerprint density at radius 1 is 1.09 bits per heavy atom. The predicted octanol–water partition coefficient (Wildman–Crippen LogP) is 3.06. The smallest absolute Gasteiger partial charge is 0.268 e. The van der Waals surface area contributed by atoms with Crippen LogP contribution in [0.25, 0.3) is 0 Å². The summed E-state index contributed by atoms with van der Waals surface area (Å²) in [5.41, 5.74) is 3.78. The maximum Gasteiger partial charge on any atom is 0.268 e. The van der Waals surface area contributed by atoms with Crippen LogP contribution in [0.5, 0.6) is 5.75 Å². The molecular weight excluding hydrogens is 298 g/mol. The van der Waals surface area contributed by atoms with E-state index in [0.29, 0.717) is 12.3 Å². The number of ether oxygens (including phenoxy) is 1. The fourth-order valence-electron chi connectivity index (χ4n) is 2.80. The third-order valence-electron chi connectivity index (χ3n) is 4.19. The highest BCUT2D eigenvalue weighted by Crippen LogP contribution is 2.36. The zero-order chi connectivity index (χ0) is 15.9. The molecule has 3 rings (SSSR count). The Balaban J connectivity index is 2.14. The van der Waals surface area contributed by atoms with Crippen LogP contribution < -0.4 is 9.04 Å². The molecule has 2 aromatic carbocycles. The van der Waals surface area contributed by atoms with Gasteiger partial charge < -0.3 is 4.74 Å². The van der Waals surface area contributed by atoms with Crippen LogP contribution in [0.3, 0.4) is 0 Å². The standard InChI is InChI=1S/C17H19NO3S/c1-12-10-16(21-3)17(11-13(12)2)22(19,20)18-9-8-14-6-4-5-7-15(14)18/h4-7,10-11H,8-9H2,1-3H3. The number of fused-ring (bicyclic) bond motifs is 1. The number of hydrogen-bond donors (Lipinski definition) is 0. The van der Waals surface area contributed by atoms with Crippen molar-refractivity contribution in [3.8, 4) is 5.75 Å². The van der Waals surface area contributed by atoms with Gasteiger partial charge in [0.25, 0.3) is 10.0 Å². The van der Waals surface area contributed by atoms with Crippen LogP contribution in [-0.4, -0.2) is 22.1 Å². The van der Waals surface area contributed by atoms with E-state index in [0.717, 1.165) is 28.8 Å². The lowest BCUT2D eigenvalue weighted by Gasteiger charge is -2.21. The molecule has 0 radical (unpaired) electrons. The first-order valence-corrected chi connectivity index (χ1v) is 8.65. The molecule has 0 fully saturated rings. The van der Waals surface area contributed by atoms with E-state index < -0.39 is 10.0 Å². The van der Waals surface area contributed by atoms with Crippen molar-refractivity contribution in [1.82, 2.24) is 0 Å². The number of para-hydroxylation sites is 1. The predicted molar refractivity (Wildman–Crippen MR) is 87.1 cm³/mol. The van der Waals surface area contributed by atoms with Gasteiger partial charge in [-0.15, -0.1) is 0 Å². The maximum atomic E-state index is 13.1. The van der Waals surface area contributed by atoms with Gasteiger partial charge in [0.1, 0.15) is 10.6 Å². The largest absolute Gasteiger partial charge is 0.495 e. The molecule has 0 N–H and O–H groups in total. The SMILES string of the molecule is COc1cc(C)c(C)cc1S(=O)(=O)N1CCc2ccccc21. The molecule has 0 unspecified atom stereocenters.